The second-order valence-electron chi connectivity index (χ2n) is 6.63. The van der Waals surface area contributed by atoms with E-state index in [1.807, 2.05) is 12.1 Å². The number of nitrogens with two attached hydrogens (primary N) is 1. The number of rotatable bonds is 6. The molecule has 0 heterocycles. The zero-order chi connectivity index (χ0) is 14.7. The standard InChI is InChI=1S/C16H28N2O/c1-15(2,16(3,4)17)12-18(5)11-13-7-9-14(19-6)10-8-13/h7-10H,11-12,17H2,1-6H3. The summed E-state index contributed by atoms with van der Waals surface area (Å²) in [7, 11) is 3.82. The molecule has 108 valence electrons. The first kappa shape index (κ1) is 16.0. The lowest BCUT2D eigenvalue weighted by Gasteiger charge is -2.41. The molecule has 0 atom stereocenters. The summed E-state index contributed by atoms with van der Waals surface area (Å²) in [6.45, 7) is 10.5. The fourth-order valence-corrected chi connectivity index (χ4v) is 1.98. The van der Waals surface area contributed by atoms with Crippen molar-refractivity contribution in [3.05, 3.63) is 29.8 Å². The highest BCUT2D eigenvalue weighted by Crippen LogP contribution is 2.29. The topological polar surface area (TPSA) is 38.5 Å². The molecule has 3 heteroatoms. The Morgan fingerprint density at radius 3 is 2.05 bits per heavy atom. The van der Waals surface area contributed by atoms with Crippen LogP contribution in [0.15, 0.2) is 24.3 Å². The molecule has 0 spiro atoms. The Balaban J connectivity index is 2.62. The van der Waals surface area contributed by atoms with Crippen LogP contribution in [0.4, 0.5) is 0 Å². The van der Waals surface area contributed by atoms with Gasteiger partial charge in [-0.1, -0.05) is 26.0 Å². The molecule has 19 heavy (non-hydrogen) atoms. The van der Waals surface area contributed by atoms with Gasteiger partial charge in [-0.05, 0) is 44.0 Å². The normalized spacial score (nSPS) is 12.8. The molecule has 0 fully saturated rings. The van der Waals surface area contributed by atoms with E-state index in [0.717, 1.165) is 18.8 Å². The average Bonchev–Trinajstić information content (AvgIpc) is 2.27. The highest BCUT2D eigenvalue weighted by Gasteiger charge is 2.34. The summed E-state index contributed by atoms with van der Waals surface area (Å²) in [5, 5.41) is 0. The van der Waals surface area contributed by atoms with E-state index in [1.54, 1.807) is 7.11 Å². The molecule has 0 aromatic heterocycles. The number of hydrogen-bond donors (Lipinski definition) is 1. The van der Waals surface area contributed by atoms with E-state index < -0.39 is 0 Å². The molecule has 0 aliphatic heterocycles. The van der Waals surface area contributed by atoms with Gasteiger partial charge in [-0.2, -0.15) is 0 Å². The van der Waals surface area contributed by atoms with Gasteiger partial charge >= 0.3 is 0 Å². The van der Waals surface area contributed by atoms with Gasteiger partial charge < -0.3 is 15.4 Å². The molecule has 3 nitrogen and oxygen atoms in total. The third-order valence-corrected chi connectivity index (χ3v) is 4.02. The molecular formula is C16H28N2O. The molecule has 2 N–H and O–H groups in total. The van der Waals surface area contributed by atoms with E-state index in [0.29, 0.717) is 0 Å². The molecule has 0 saturated carbocycles. The maximum Gasteiger partial charge on any atom is 0.118 e. The molecule has 0 aliphatic rings. The predicted molar refractivity (Wildman–Crippen MR) is 81.4 cm³/mol. The van der Waals surface area contributed by atoms with Crippen LogP contribution in [-0.4, -0.2) is 31.1 Å². The Bertz CT molecular complexity index is 390. The lowest BCUT2D eigenvalue weighted by molar-refractivity contribution is 0.126. The van der Waals surface area contributed by atoms with Crippen LogP contribution >= 0.6 is 0 Å². The Kier molecular flexibility index (Phi) is 4.99. The lowest BCUT2D eigenvalue weighted by atomic mass is 9.75. The smallest absolute Gasteiger partial charge is 0.118 e. The lowest BCUT2D eigenvalue weighted by Crippen LogP contribution is -2.52. The van der Waals surface area contributed by atoms with Gasteiger partial charge in [0.1, 0.15) is 5.75 Å². The Morgan fingerprint density at radius 1 is 1.11 bits per heavy atom. The number of benzene rings is 1. The second-order valence-corrected chi connectivity index (χ2v) is 6.63. The first-order valence-corrected chi connectivity index (χ1v) is 6.76. The third kappa shape index (κ3) is 4.51. The van der Waals surface area contributed by atoms with E-state index >= 15 is 0 Å². The minimum Gasteiger partial charge on any atom is -0.497 e. The van der Waals surface area contributed by atoms with Crippen LogP contribution in [0.3, 0.4) is 0 Å². The Hall–Kier alpha value is -1.06. The summed E-state index contributed by atoms with van der Waals surface area (Å²) in [5.74, 6) is 0.898. The van der Waals surface area contributed by atoms with Crippen molar-refractivity contribution in [2.24, 2.45) is 11.1 Å². The van der Waals surface area contributed by atoms with Crippen molar-refractivity contribution in [2.45, 2.75) is 39.8 Å². The average molecular weight is 264 g/mol. The maximum absolute atomic E-state index is 6.25. The molecule has 0 radical (unpaired) electrons. The molecule has 0 aliphatic carbocycles. The van der Waals surface area contributed by atoms with Gasteiger partial charge in [-0.15, -0.1) is 0 Å². The minimum atomic E-state index is -0.193. The molecule has 1 rings (SSSR count). The first-order chi connectivity index (χ1) is 8.65. The predicted octanol–water partition coefficient (Wildman–Crippen LogP) is 2.89. The van der Waals surface area contributed by atoms with Gasteiger partial charge in [0.05, 0.1) is 7.11 Å². The van der Waals surface area contributed by atoms with Gasteiger partial charge in [0.15, 0.2) is 0 Å². The van der Waals surface area contributed by atoms with Crippen molar-refractivity contribution in [1.29, 1.82) is 0 Å². The van der Waals surface area contributed by atoms with E-state index in [2.05, 4.69) is 51.8 Å². The maximum atomic E-state index is 6.25. The molecule has 0 unspecified atom stereocenters. The van der Waals surface area contributed by atoms with Gasteiger partial charge in [-0.3, -0.25) is 0 Å². The fraction of sp³-hybridized carbons (Fsp3) is 0.625. The van der Waals surface area contributed by atoms with E-state index in [1.165, 1.54) is 5.56 Å². The molecule has 0 bridgehead atoms. The van der Waals surface area contributed by atoms with Crippen LogP contribution in [-0.2, 0) is 6.54 Å². The number of hydrogen-bond acceptors (Lipinski definition) is 3. The van der Waals surface area contributed by atoms with Gasteiger partial charge in [0.25, 0.3) is 0 Å². The fourth-order valence-electron chi connectivity index (χ4n) is 1.98. The van der Waals surface area contributed by atoms with Crippen LogP contribution in [0.2, 0.25) is 0 Å². The van der Waals surface area contributed by atoms with Crippen molar-refractivity contribution < 1.29 is 4.74 Å². The summed E-state index contributed by atoms with van der Waals surface area (Å²) in [5.41, 5.74) is 7.41. The summed E-state index contributed by atoms with van der Waals surface area (Å²) >= 11 is 0. The monoisotopic (exact) mass is 264 g/mol. The molecule has 0 amide bonds. The van der Waals surface area contributed by atoms with Crippen LogP contribution in [0.25, 0.3) is 0 Å². The summed E-state index contributed by atoms with van der Waals surface area (Å²) < 4.78 is 5.17. The van der Waals surface area contributed by atoms with Crippen molar-refractivity contribution in [1.82, 2.24) is 4.90 Å². The molecule has 1 aromatic carbocycles. The first-order valence-electron chi connectivity index (χ1n) is 6.76. The number of ether oxygens (including phenoxy) is 1. The summed E-state index contributed by atoms with van der Waals surface area (Å²) in [6.07, 6.45) is 0. The zero-order valence-corrected chi connectivity index (χ0v) is 13.2. The van der Waals surface area contributed by atoms with Crippen molar-refractivity contribution in [3.63, 3.8) is 0 Å². The van der Waals surface area contributed by atoms with E-state index in [9.17, 15) is 0 Å². The SMILES string of the molecule is COc1ccc(CN(C)CC(C)(C)C(C)(C)N)cc1. The third-order valence-electron chi connectivity index (χ3n) is 4.02. The number of nitrogens with zero attached hydrogens (tertiary/aromatic N) is 1. The molecule has 1 aromatic rings. The van der Waals surface area contributed by atoms with Crippen molar-refractivity contribution in [3.8, 4) is 5.75 Å². The second kappa shape index (κ2) is 5.93. The summed E-state index contributed by atoms with van der Waals surface area (Å²) in [4.78, 5) is 2.32. The van der Waals surface area contributed by atoms with Crippen LogP contribution < -0.4 is 10.5 Å². The van der Waals surface area contributed by atoms with E-state index in [-0.39, 0.29) is 11.0 Å². The largest absolute Gasteiger partial charge is 0.497 e. The minimum absolute atomic E-state index is 0.0637. The zero-order valence-electron chi connectivity index (χ0n) is 13.2. The van der Waals surface area contributed by atoms with Crippen molar-refractivity contribution in [2.75, 3.05) is 20.7 Å². The summed E-state index contributed by atoms with van der Waals surface area (Å²) in [6, 6.07) is 8.22. The molecule has 0 saturated heterocycles. The van der Waals surface area contributed by atoms with Gasteiger partial charge in [0.2, 0.25) is 0 Å². The van der Waals surface area contributed by atoms with Gasteiger partial charge in [0, 0.05) is 18.6 Å². The Morgan fingerprint density at radius 2 is 1.63 bits per heavy atom. The highest BCUT2D eigenvalue weighted by atomic mass is 16.5. The number of methoxy groups -OCH3 is 1. The van der Waals surface area contributed by atoms with Gasteiger partial charge in [-0.25, -0.2) is 0 Å². The van der Waals surface area contributed by atoms with E-state index in [4.69, 9.17) is 10.5 Å². The van der Waals surface area contributed by atoms with Crippen LogP contribution in [0.1, 0.15) is 33.3 Å². The van der Waals surface area contributed by atoms with Crippen LogP contribution in [0.5, 0.6) is 5.75 Å². The Labute approximate surface area is 117 Å². The van der Waals surface area contributed by atoms with Crippen LogP contribution in [0, 0.1) is 5.41 Å². The van der Waals surface area contributed by atoms with Crippen molar-refractivity contribution >= 4 is 0 Å². The molecular weight excluding hydrogens is 236 g/mol. The quantitative estimate of drug-likeness (QED) is 0.858. The highest BCUT2D eigenvalue weighted by molar-refractivity contribution is 5.27.